The molecule has 0 radical (unpaired) electrons. The van der Waals surface area contributed by atoms with E-state index in [2.05, 4.69) is 17.4 Å². The average molecular weight is 481 g/mol. The summed E-state index contributed by atoms with van der Waals surface area (Å²) in [5, 5.41) is 7.38. The molecule has 0 spiro atoms. The molecule has 1 N–H and O–H groups in total. The molecule has 0 bridgehead atoms. The number of amides is 2. The number of rotatable bonds is 7. The highest BCUT2D eigenvalue weighted by molar-refractivity contribution is 6.01. The molecule has 1 aliphatic rings. The second-order valence-electron chi connectivity index (χ2n) is 8.53. The van der Waals surface area contributed by atoms with E-state index in [1.807, 2.05) is 92.7 Å². The van der Waals surface area contributed by atoms with Crippen molar-refractivity contribution in [1.82, 2.24) is 15.5 Å². The molecule has 1 atom stereocenters. The molecule has 0 aliphatic carbocycles. The lowest BCUT2D eigenvalue weighted by molar-refractivity contribution is 0.244. The van der Waals surface area contributed by atoms with E-state index >= 15 is 0 Å². The number of ether oxygens (including phenoxy) is 1. The van der Waals surface area contributed by atoms with Crippen molar-refractivity contribution in [3.05, 3.63) is 102 Å². The Morgan fingerprint density at radius 2 is 1.69 bits per heavy atom. The smallest absolute Gasteiger partial charge is 0.326 e. The van der Waals surface area contributed by atoms with Crippen LogP contribution in [0.4, 0.5) is 10.5 Å². The van der Waals surface area contributed by atoms with Gasteiger partial charge in [0.05, 0.1) is 23.9 Å². The van der Waals surface area contributed by atoms with Gasteiger partial charge >= 0.3 is 6.03 Å². The number of hydrogen-bond acceptors (Lipinski definition) is 5. The van der Waals surface area contributed by atoms with Crippen LogP contribution >= 0.6 is 0 Å². The first-order chi connectivity index (χ1) is 17.6. The number of hydrogen-bond donors (Lipinski definition) is 1. The first-order valence-electron chi connectivity index (χ1n) is 12.1. The third-order valence-electron chi connectivity index (χ3n) is 6.30. The minimum atomic E-state index is -0.469. The molecule has 1 unspecified atom stereocenters. The van der Waals surface area contributed by atoms with E-state index in [9.17, 15) is 4.79 Å². The number of aromatic nitrogens is 2. The Morgan fingerprint density at radius 1 is 0.972 bits per heavy atom. The highest BCUT2D eigenvalue weighted by Gasteiger charge is 2.36. The van der Waals surface area contributed by atoms with Gasteiger partial charge in [-0.1, -0.05) is 66.7 Å². The second-order valence-corrected chi connectivity index (χ2v) is 8.53. The first-order valence-corrected chi connectivity index (χ1v) is 12.1. The summed E-state index contributed by atoms with van der Waals surface area (Å²) in [6.45, 7) is 6.55. The Hall–Kier alpha value is -4.39. The van der Waals surface area contributed by atoms with Crippen LogP contribution in [0, 0.1) is 0 Å². The van der Waals surface area contributed by atoms with Gasteiger partial charge in [0.1, 0.15) is 5.75 Å². The van der Waals surface area contributed by atoms with Crippen LogP contribution in [0.25, 0.3) is 17.0 Å². The number of aryl methyl sites for hydroxylation is 1. The molecule has 1 aliphatic heterocycles. The SMILES string of the molecule is CCOc1ccc(C2NC(=O)N(c3ccc(CC)cc3)C(C)=C2c2nc(-c3ccccc3)no2)cc1. The van der Waals surface area contributed by atoms with Crippen LogP contribution in [0.2, 0.25) is 0 Å². The van der Waals surface area contributed by atoms with Gasteiger partial charge < -0.3 is 14.6 Å². The Kier molecular flexibility index (Phi) is 6.54. The Labute approximate surface area is 210 Å². The van der Waals surface area contributed by atoms with Gasteiger partial charge in [-0.3, -0.25) is 4.90 Å². The van der Waals surface area contributed by atoms with Crippen LogP contribution < -0.4 is 15.0 Å². The maximum Gasteiger partial charge on any atom is 0.326 e. The fourth-order valence-corrected chi connectivity index (χ4v) is 4.42. The van der Waals surface area contributed by atoms with Gasteiger partial charge in [0.2, 0.25) is 5.82 Å². The topological polar surface area (TPSA) is 80.5 Å². The van der Waals surface area contributed by atoms with E-state index in [0.29, 0.717) is 18.3 Å². The van der Waals surface area contributed by atoms with Crippen LogP contribution in [0.3, 0.4) is 0 Å². The Bertz CT molecular complexity index is 1380. The molecule has 5 rings (SSSR count). The van der Waals surface area contributed by atoms with Gasteiger partial charge in [0.25, 0.3) is 5.89 Å². The van der Waals surface area contributed by atoms with E-state index in [1.165, 1.54) is 5.56 Å². The van der Waals surface area contributed by atoms with Gasteiger partial charge in [-0.2, -0.15) is 4.98 Å². The zero-order valence-corrected chi connectivity index (χ0v) is 20.6. The lowest BCUT2D eigenvalue weighted by Crippen LogP contribution is -2.46. The van der Waals surface area contributed by atoms with E-state index in [4.69, 9.17) is 14.2 Å². The number of carbonyl (C=O) groups is 1. The van der Waals surface area contributed by atoms with Crippen molar-refractivity contribution in [3.63, 3.8) is 0 Å². The fourth-order valence-electron chi connectivity index (χ4n) is 4.42. The molecule has 7 heteroatoms. The monoisotopic (exact) mass is 480 g/mol. The van der Waals surface area contributed by atoms with Crippen LogP contribution in [0.1, 0.15) is 43.8 Å². The first kappa shape index (κ1) is 23.4. The van der Waals surface area contributed by atoms with E-state index in [0.717, 1.165) is 40.3 Å². The predicted molar refractivity (Wildman–Crippen MR) is 140 cm³/mol. The molecule has 0 saturated carbocycles. The number of benzene rings is 3. The lowest BCUT2D eigenvalue weighted by atomic mass is 9.94. The minimum Gasteiger partial charge on any atom is -0.494 e. The van der Waals surface area contributed by atoms with Gasteiger partial charge in [0, 0.05) is 11.3 Å². The van der Waals surface area contributed by atoms with Gasteiger partial charge in [-0.15, -0.1) is 0 Å². The van der Waals surface area contributed by atoms with Crippen LogP contribution in [0.5, 0.6) is 5.75 Å². The second kappa shape index (κ2) is 10.1. The van der Waals surface area contributed by atoms with Gasteiger partial charge in [0.15, 0.2) is 0 Å². The third kappa shape index (κ3) is 4.47. The largest absolute Gasteiger partial charge is 0.494 e. The van der Waals surface area contributed by atoms with E-state index < -0.39 is 6.04 Å². The van der Waals surface area contributed by atoms with Crippen molar-refractivity contribution in [1.29, 1.82) is 0 Å². The zero-order chi connectivity index (χ0) is 25.1. The lowest BCUT2D eigenvalue weighted by Gasteiger charge is -2.35. The molecule has 2 amide bonds. The molecule has 7 nitrogen and oxygen atoms in total. The normalized spacial score (nSPS) is 15.7. The van der Waals surface area contributed by atoms with Crippen molar-refractivity contribution in [2.24, 2.45) is 0 Å². The number of anilines is 1. The predicted octanol–water partition coefficient (Wildman–Crippen LogP) is 6.40. The van der Waals surface area contributed by atoms with E-state index in [-0.39, 0.29) is 6.03 Å². The number of nitrogens with one attached hydrogen (secondary N) is 1. The standard InChI is InChI=1S/C29H28N4O3/c1-4-20-11-15-23(16-12-20)33-19(3)25(28-31-27(32-36-28)22-9-7-6-8-10-22)26(30-29(33)34)21-13-17-24(18-14-21)35-5-2/h6-18,26H,4-5H2,1-3H3,(H,30,34). The minimum absolute atomic E-state index is 0.220. The molecule has 182 valence electrons. The summed E-state index contributed by atoms with van der Waals surface area (Å²) in [7, 11) is 0. The highest BCUT2D eigenvalue weighted by Crippen LogP contribution is 2.39. The van der Waals surface area contributed by atoms with E-state index in [1.54, 1.807) is 4.90 Å². The van der Waals surface area contributed by atoms with Crippen LogP contribution in [-0.4, -0.2) is 22.8 Å². The summed E-state index contributed by atoms with van der Waals surface area (Å²) in [5.74, 6) is 1.62. The molecule has 36 heavy (non-hydrogen) atoms. The van der Waals surface area contributed by atoms with Crippen molar-refractivity contribution in [2.45, 2.75) is 33.2 Å². The highest BCUT2D eigenvalue weighted by atomic mass is 16.5. The Balaban J connectivity index is 1.61. The maximum absolute atomic E-state index is 13.4. The van der Waals surface area contributed by atoms with Crippen LogP contribution in [0.15, 0.2) is 89.1 Å². The van der Waals surface area contributed by atoms with Crippen LogP contribution in [-0.2, 0) is 6.42 Å². The Morgan fingerprint density at radius 3 is 2.36 bits per heavy atom. The number of nitrogens with zero attached hydrogens (tertiary/aromatic N) is 3. The molecule has 0 saturated heterocycles. The van der Waals surface area contributed by atoms with Crippen molar-refractivity contribution in [3.8, 4) is 17.1 Å². The number of carbonyl (C=O) groups excluding carboxylic acids is 1. The van der Waals surface area contributed by atoms with Gasteiger partial charge in [-0.25, -0.2) is 4.79 Å². The van der Waals surface area contributed by atoms with Crippen molar-refractivity contribution < 1.29 is 14.1 Å². The molecule has 3 aromatic carbocycles. The maximum atomic E-state index is 13.4. The zero-order valence-electron chi connectivity index (χ0n) is 20.6. The molecular formula is C29H28N4O3. The summed E-state index contributed by atoms with van der Waals surface area (Å²) in [6.07, 6.45) is 0.927. The number of allylic oxidation sites excluding steroid dienone is 1. The summed E-state index contributed by atoms with van der Waals surface area (Å²) >= 11 is 0. The summed E-state index contributed by atoms with van der Waals surface area (Å²) in [4.78, 5) is 19.8. The summed E-state index contributed by atoms with van der Waals surface area (Å²) in [5.41, 5.74) is 5.19. The fraction of sp³-hybridized carbons (Fsp3) is 0.207. The average Bonchev–Trinajstić information content (AvgIpc) is 3.40. The van der Waals surface area contributed by atoms with Crippen molar-refractivity contribution >= 4 is 17.3 Å². The van der Waals surface area contributed by atoms with Crippen molar-refractivity contribution in [2.75, 3.05) is 11.5 Å². The molecular weight excluding hydrogens is 452 g/mol. The molecule has 2 heterocycles. The molecule has 1 aromatic heterocycles. The quantitative estimate of drug-likeness (QED) is 0.331. The molecule has 0 fully saturated rings. The number of urea groups is 1. The molecule has 4 aromatic rings. The van der Waals surface area contributed by atoms with Gasteiger partial charge in [-0.05, 0) is 55.7 Å². The third-order valence-corrected chi connectivity index (χ3v) is 6.30. The summed E-state index contributed by atoms with van der Waals surface area (Å²) < 4.78 is 11.4. The summed E-state index contributed by atoms with van der Waals surface area (Å²) in [6, 6.07) is 24.7.